The van der Waals surface area contributed by atoms with Gasteiger partial charge in [0.1, 0.15) is 11.6 Å². The Morgan fingerprint density at radius 1 is 1.50 bits per heavy atom. The van der Waals surface area contributed by atoms with Crippen LogP contribution in [0.15, 0.2) is 17.1 Å². The molecule has 1 aliphatic rings. The quantitative estimate of drug-likeness (QED) is 0.609. The molecule has 1 aliphatic heterocycles. The molecule has 18 heavy (non-hydrogen) atoms. The maximum atomic E-state index is 13.5. The van der Waals surface area contributed by atoms with Gasteiger partial charge in [-0.2, -0.15) is 0 Å². The van der Waals surface area contributed by atoms with Crippen molar-refractivity contribution in [1.82, 2.24) is 10.6 Å². The monoisotopic (exact) mass is 253 g/mol. The molecule has 0 fully saturated rings. The van der Waals surface area contributed by atoms with Crippen LogP contribution >= 0.6 is 0 Å². The normalized spacial score (nSPS) is 14.7. The minimum absolute atomic E-state index is 0.201. The molecule has 6 heteroatoms. The highest BCUT2D eigenvalue weighted by molar-refractivity contribution is 5.79. The zero-order valence-electron chi connectivity index (χ0n) is 10.4. The van der Waals surface area contributed by atoms with Crippen molar-refractivity contribution in [3.05, 3.63) is 29.1 Å². The maximum Gasteiger partial charge on any atom is 0.190 e. The molecule has 0 saturated carbocycles. The third-order valence-electron chi connectivity index (χ3n) is 2.66. The van der Waals surface area contributed by atoms with Crippen LogP contribution in [0.4, 0.5) is 4.39 Å². The van der Waals surface area contributed by atoms with E-state index >= 15 is 0 Å². The Kier molecular flexibility index (Phi) is 3.99. The number of hydrogen-bond acceptors (Lipinski definition) is 3. The van der Waals surface area contributed by atoms with Crippen LogP contribution in [-0.4, -0.2) is 26.8 Å². The van der Waals surface area contributed by atoms with E-state index in [1.807, 2.05) is 0 Å². The highest BCUT2D eigenvalue weighted by atomic mass is 19.1. The molecule has 0 radical (unpaired) electrons. The number of hydrogen-bond donors (Lipinski definition) is 2. The lowest BCUT2D eigenvalue weighted by atomic mass is 10.1. The summed E-state index contributed by atoms with van der Waals surface area (Å²) in [4.78, 5) is 3.99. The van der Waals surface area contributed by atoms with Crippen molar-refractivity contribution in [3.63, 3.8) is 0 Å². The Balaban J connectivity index is 2.19. The molecule has 2 rings (SSSR count). The second-order valence-electron chi connectivity index (χ2n) is 3.84. The van der Waals surface area contributed by atoms with E-state index in [9.17, 15) is 4.39 Å². The van der Waals surface area contributed by atoms with E-state index < -0.39 is 0 Å². The first-order chi connectivity index (χ1) is 8.74. The van der Waals surface area contributed by atoms with Gasteiger partial charge in [0.15, 0.2) is 12.8 Å². The lowest BCUT2D eigenvalue weighted by molar-refractivity contribution is -0.0172. The average Bonchev–Trinajstić information content (AvgIpc) is 2.39. The number of fused-ring (bicyclic) bond motifs is 1. The molecule has 0 amide bonds. The number of rotatable bonds is 2. The molecule has 1 heterocycles. The first-order valence-corrected chi connectivity index (χ1v) is 5.65. The van der Waals surface area contributed by atoms with Crippen LogP contribution in [-0.2, 0) is 17.9 Å². The summed E-state index contributed by atoms with van der Waals surface area (Å²) in [5, 5.41) is 5.96. The van der Waals surface area contributed by atoms with Gasteiger partial charge in [-0.3, -0.25) is 4.99 Å². The molecule has 2 N–H and O–H groups in total. The molecule has 1 aromatic rings. The fourth-order valence-electron chi connectivity index (χ4n) is 1.85. The summed E-state index contributed by atoms with van der Waals surface area (Å²) in [6.45, 7) is 1.01. The standard InChI is InChI=1S/C12H16FN3O2/c1-14-12(15-2)16-5-8-3-10(13)4-9-6-17-7-18-11(8)9/h3-4H,5-7H2,1-2H3,(H2,14,15,16). The Morgan fingerprint density at radius 2 is 2.33 bits per heavy atom. The molecule has 0 bridgehead atoms. The van der Waals surface area contributed by atoms with Crippen LogP contribution in [0.5, 0.6) is 5.75 Å². The van der Waals surface area contributed by atoms with Gasteiger partial charge in [0.2, 0.25) is 0 Å². The van der Waals surface area contributed by atoms with Crippen LogP contribution in [0.1, 0.15) is 11.1 Å². The van der Waals surface area contributed by atoms with Crippen LogP contribution in [0.25, 0.3) is 0 Å². The molecule has 0 unspecified atom stereocenters. The second-order valence-corrected chi connectivity index (χ2v) is 3.84. The van der Waals surface area contributed by atoms with Crippen molar-refractivity contribution >= 4 is 5.96 Å². The Labute approximate surface area is 105 Å². The molecule has 0 aliphatic carbocycles. The van der Waals surface area contributed by atoms with Crippen LogP contribution in [0.3, 0.4) is 0 Å². The Hall–Kier alpha value is -1.82. The Morgan fingerprint density at radius 3 is 3.06 bits per heavy atom. The van der Waals surface area contributed by atoms with Crippen LogP contribution in [0, 0.1) is 5.82 Å². The third kappa shape index (κ3) is 2.70. The minimum atomic E-state index is -0.293. The summed E-state index contributed by atoms with van der Waals surface area (Å²) in [5.74, 6) is 1.04. The van der Waals surface area contributed by atoms with Crippen LogP contribution in [0.2, 0.25) is 0 Å². The topological polar surface area (TPSA) is 54.9 Å². The molecule has 0 aromatic heterocycles. The number of aliphatic imine (C=N–C) groups is 1. The van der Waals surface area contributed by atoms with E-state index in [0.717, 1.165) is 11.1 Å². The zero-order chi connectivity index (χ0) is 13.0. The molecule has 0 saturated heterocycles. The van der Waals surface area contributed by atoms with Gasteiger partial charge < -0.3 is 20.1 Å². The second kappa shape index (κ2) is 5.68. The summed E-state index contributed by atoms with van der Waals surface area (Å²) >= 11 is 0. The molecule has 1 aromatic carbocycles. The molecule has 0 atom stereocenters. The fraction of sp³-hybridized carbons (Fsp3) is 0.417. The third-order valence-corrected chi connectivity index (χ3v) is 2.66. The van der Waals surface area contributed by atoms with Gasteiger partial charge in [-0.25, -0.2) is 4.39 Å². The van der Waals surface area contributed by atoms with E-state index in [1.54, 1.807) is 14.1 Å². The highest BCUT2D eigenvalue weighted by Gasteiger charge is 2.16. The largest absolute Gasteiger partial charge is 0.467 e. The summed E-state index contributed by atoms with van der Waals surface area (Å²) in [7, 11) is 3.44. The SMILES string of the molecule is CN=C(NC)NCc1cc(F)cc2c1OCOC2. The van der Waals surface area contributed by atoms with E-state index in [1.165, 1.54) is 12.1 Å². The van der Waals surface area contributed by atoms with Gasteiger partial charge in [-0.1, -0.05) is 0 Å². The number of halogens is 1. The summed E-state index contributed by atoms with van der Waals surface area (Å²) < 4.78 is 24.0. The molecule has 5 nitrogen and oxygen atoms in total. The number of nitrogens with one attached hydrogen (secondary N) is 2. The van der Waals surface area contributed by atoms with Gasteiger partial charge >= 0.3 is 0 Å². The van der Waals surface area contributed by atoms with Crippen molar-refractivity contribution in [3.8, 4) is 5.75 Å². The maximum absolute atomic E-state index is 13.5. The van der Waals surface area contributed by atoms with Crippen LogP contribution < -0.4 is 15.4 Å². The van der Waals surface area contributed by atoms with Crippen molar-refractivity contribution in [2.24, 2.45) is 4.99 Å². The molecular formula is C12H16FN3O2. The predicted octanol–water partition coefficient (Wildman–Crippen LogP) is 0.987. The Bertz CT molecular complexity index is 463. The average molecular weight is 253 g/mol. The van der Waals surface area contributed by atoms with E-state index in [-0.39, 0.29) is 12.6 Å². The number of ether oxygens (including phenoxy) is 2. The lowest BCUT2D eigenvalue weighted by Gasteiger charge is -2.21. The summed E-state index contributed by atoms with van der Waals surface area (Å²) in [6, 6.07) is 2.89. The van der Waals surface area contributed by atoms with Gasteiger partial charge in [0.25, 0.3) is 0 Å². The zero-order valence-corrected chi connectivity index (χ0v) is 10.4. The van der Waals surface area contributed by atoms with Crippen molar-refractivity contribution in [2.75, 3.05) is 20.9 Å². The van der Waals surface area contributed by atoms with Crippen molar-refractivity contribution in [1.29, 1.82) is 0 Å². The smallest absolute Gasteiger partial charge is 0.190 e. The first-order valence-electron chi connectivity index (χ1n) is 5.65. The predicted molar refractivity (Wildman–Crippen MR) is 65.9 cm³/mol. The van der Waals surface area contributed by atoms with E-state index in [0.29, 0.717) is 24.9 Å². The molecule has 98 valence electrons. The van der Waals surface area contributed by atoms with Gasteiger partial charge in [-0.05, 0) is 12.1 Å². The van der Waals surface area contributed by atoms with Gasteiger partial charge in [0.05, 0.1) is 6.61 Å². The minimum Gasteiger partial charge on any atom is -0.467 e. The van der Waals surface area contributed by atoms with Crippen molar-refractivity contribution < 1.29 is 13.9 Å². The number of benzene rings is 1. The van der Waals surface area contributed by atoms with E-state index in [2.05, 4.69) is 15.6 Å². The van der Waals surface area contributed by atoms with Gasteiger partial charge in [0, 0.05) is 31.8 Å². The highest BCUT2D eigenvalue weighted by Crippen LogP contribution is 2.29. The van der Waals surface area contributed by atoms with Crippen molar-refractivity contribution in [2.45, 2.75) is 13.2 Å². The van der Waals surface area contributed by atoms with Gasteiger partial charge in [-0.15, -0.1) is 0 Å². The summed E-state index contributed by atoms with van der Waals surface area (Å²) in [5.41, 5.74) is 1.49. The first kappa shape index (κ1) is 12.6. The molecular weight excluding hydrogens is 237 g/mol. The van der Waals surface area contributed by atoms with E-state index in [4.69, 9.17) is 9.47 Å². The number of nitrogens with zero attached hydrogens (tertiary/aromatic N) is 1. The molecule has 0 spiro atoms. The summed E-state index contributed by atoms with van der Waals surface area (Å²) in [6.07, 6.45) is 0. The fourth-order valence-corrected chi connectivity index (χ4v) is 1.85. The number of guanidine groups is 1. The lowest BCUT2D eigenvalue weighted by Crippen LogP contribution is -2.34.